The van der Waals surface area contributed by atoms with E-state index >= 15 is 0 Å². The number of nitrogens with two attached hydrogens (primary N) is 1. The zero-order chi connectivity index (χ0) is 15.8. The van der Waals surface area contributed by atoms with Crippen LogP contribution in [0.2, 0.25) is 0 Å². The number of hydrazine groups is 1. The smallest absolute Gasteiger partial charge is 0.0517 e. The highest BCUT2D eigenvalue weighted by atomic mass is 15.4. The molecular weight excluding hydrogens is 256 g/mol. The first-order valence-electron chi connectivity index (χ1n) is 6.88. The highest BCUT2D eigenvalue weighted by Crippen LogP contribution is 2.16. The summed E-state index contributed by atoms with van der Waals surface area (Å²) in [5.41, 5.74) is 5.61. The second kappa shape index (κ2) is 8.08. The van der Waals surface area contributed by atoms with Crippen LogP contribution in [0.4, 0.5) is 0 Å². The minimum atomic E-state index is 0.841. The van der Waals surface area contributed by atoms with Crippen LogP contribution in [0.1, 0.15) is 22.3 Å². The molecule has 2 aromatic rings. The fourth-order valence-corrected chi connectivity index (χ4v) is 1.79. The Kier molecular flexibility index (Phi) is 6.44. The van der Waals surface area contributed by atoms with Crippen molar-refractivity contribution in [3.05, 3.63) is 83.9 Å². The summed E-state index contributed by atoms with van der Waals surface area (Å²) in [6.45, 7) is 11.7. The van der Waals surface area contributed by atoms with E-state index in [-0.39, 0.29) is 0 Å². The van der Waals surface area contributed by atoms with Gasteiger partial charge in [0.1, 0.15) is 0 Å². The van der Waals surface area contributed by atoms with Gasteiger partial charge in [0.05, 0.1) is 5.70 Å². The van der Waals surface area contributed by atoms with Gasteiger partial charge in [-0.1, -0.05) is 73.3 Å². The van der Waals surface area contributed by atoms with E-state index in [9.17, 15) is 0 Å². The summed E-state index contributed by atoms with van der Waals surface area (Å²) in [6, 6.07) is 16.3. The Morgan fingerprint density at radius 3 is 2.10 bits per heavy atom. The first-order chi connectivity index (χ1) is 9.95. The van der Waals surface area contributed by atoms with Gasteiger partial charge in [-0.15, -0.1) is 0 Å². The molecule has 0 bridgehead atoms. The molecule has 21 heavy (non-hydrogen) atoms. The first kappa shape index (κ1) is 16.7. The van der Waals surface area contributed by atoms with Gasteiger partial charge in [-0.2, -0.15) is 0 Å². The summed E-state index contributed by atoms with van der Waals surface area (Å²) in [5.74, 6) is 5.57. The van der Waals surface area contributed by atoms with Crippen LogP contribution in [0, 0.1) is 13.8 Å². The van der Waals surface area contributed by atoms with Gasteiger partial charge in [0.2, 0.25) is 0 Å². The third kappa shape index (κ3) is 5.28. The SMILES string of the molecule is C=C(c1ccccc1C)N(C)N.C=Cc1ccc(C)cc1. The molecule has 0 aromatic heterocycles. The van der Waals surface area contributed by atoms with Gasteiger partial charge in [0.15, 0.2) is 0 Å². The van der Waals surface area contributed by atoms with E-state index in [2.05, 4.69) is 44.3 Å². The van der Waals surface area contributed by atoms with Gasteiger partial charge in [0, 0.05) is 12.6 Å². The van der Waals surface area contributed by atoms with Crippen molar-refractivity contribution in [1.29, 1.82) is 0 Å². The molecule has 0 radical (unpaired) electrons. The predicted molar refractivity (Wildman–Crippen MR) is 93.4 cm³/mol. The molecular formula is C19H24N2. The van der Waals surface area contributed by atoms with Gasteiger partial charge in [0.25, 0.3) is 0 Å². The number of hydrogen-bond donors (Lipinski definition) is 1. The summed E-state index contributed by atoms with van der Waals surface area (Å²) in [6.07, 6.45) is 1.85. The predicted octanol–water partition coefficient (Wildman–Crippen LogP) is 4.41. The van der Waals surface area contributed by atoms with Gasteiger partial charge in [-0.25, -0.2) is 5.84 Å². The summed E-state index contributed by atoms with van der Waals surface area (Å²) < 4.78 is 0. The van der Waals surface area contributed by atoms with Gasteiger partial charge in [-0.05, 0) is 25.0 Å². The van der Waals surface area contributed by atoms with Crippen molar-refractivity contribution in [3.8, 4) is 0 Å². The van der Waals surface area contributed by atoms with E-state index in [0.717, 1.165) is 11.3 Å². The molecule has 2 rings (SSSR count). The summed E-state index contributed by atoms with van der Waals surface area (Å²) >= 11 is 0. The maximum atomic E-state index is 5.57. The Morgan fingerprint density at radius 2 is 1.62 bits per heavy atom. The van der Waals surface area contributed by atoms with Crippen molar-refractivity contribution in [2.24, 2.45) is 5.84 Å². The van der Waals surface area contributed by atoms with Crippen LogP contribution in [-0.2, 0) is 0 Å². The van der Waals surface area contributed by atoms with Crippen molar-refractivity contribution < 1.29 is 0 Å². The highest BCUT2D eigenvalue weighted by molar-refractivity contribution is 5.63. The molecule has 0 aliphatic heterocycles. The van der Waals surface area contributed by atoms with Gasteiger partial charge in [-0.3, -0.25) is 0 Å². The minimum absolute atomic E-state index is 0.841. The normalized spacial score (nSPS) is 9.33. The first-order valence-corrected chi connectivity index (χ1v) is 6.88. The molecule has 0 saturated heterocycles. The number of aryl methyl sites for hydroxylation is 2. The van der Waals surface area contributed by atoms with Gasteiger partial charge >= 0.3 is 0 Å². The molecule has 2 aromatic carbocycles. The molecule has 110 valence electrons. The fraction of sp³-hybridized carbons (Fsp3) is 0.158. The van der Waals surface area contributed by atoms with Crippen LogP contribution in [0.15, 0.2) is 61.7 Å². The maximum absolute atomic E-state index is 5.57. The largest absolute Gasteiger partial charge is 0.314 e. The van der Waals surface area contributed by atoms with E-state index in [4.69, 9.17) is 5.84 Å². The molecule has 0 heterocycles. The highest BCUT2D eigenvalue weighted by Gasteiger charge is 2.02. The van der Waals surface area contributed by atoms with Crippen LogP contribution in [0.25, 0.3) is 11.8 Å². The molecule has 0 saturated carbocycles. The number of hydrogen-bond acceptors (Lipinski definition) is 2. The second-order valence-electron chi connectivity index (χ2n) is 4.99. The average Bonchev–Trinajstić information content (AvgIpc) is 2.48. The van der Waals surface area contributed by atoms with Crippen molar-refractivity contribution >= 4 is 11.8 Å². The van der Waals surface area contributed by atoms with Crippen LogP contribution in [0.3, 0.4) is 0 Å². The van der Waals surface area contributed by atoms with E-state index in [1.165, 1.54) is 21.7 Å². The second-order valence-corrected chi connectivity index (χ2v) is 4.99. The average molecular weight is 280 g/mol. The summed E-state index contributed by atoms with van der Waals surface area (Å²) in [5, 5.41) is 1.53. The Morgan fingerprint density at radius 1 is 1.05 bits per heavy atom. The molecule has 2 N–H and O–H groups in total. The third-order valence-electron chi connectivity index (χ3n) is 3.19. The van der Waals surface area contributed by atoms with Crippen LogP contribution < -0.4 is 5.84 Å². The molecule has 2 heteroatoms. The van der Waals surface area contributed by atoms with E-state index in [0.29, 0.717) is 0 Å². The van der Waals surface area contributed by atoms with E-state index in [1.807, 2.05) is 37.3 Å². The monoisotopic (exact) mass is 280 g/mol. The lowest BCUT2D eigenvalue weighted by molar-refractivity contribution is 0.512. The van der Waals surface area contributed by atoms with Gasteiger partial charge < -0.3 is 5.01 Å². The Bertz CT molecular complexity index is 595. The van der Waals surface area contributed by atoms with Crippen molar-refractivity contribution in [2.45, 2.75) is 13.8 Å². The molecule has 0 fully saturated rings. The lowest BCUT2D eigenvalue weighted by Crippen LogP contribution is -2.23. The molecule has 0 unspecified atom stereocenters. The third-order valence-corrected chi connectivity index (χ3v) is 3.19. The molecule has 2 nitrogen and oxygen atoms in total. The summed E-state index contributed by atoms with van der Waals surface area (Å²) in [7, 11) is 1.79. The standard InChI is InChI=1S/C10H14N2.C9H10/c1-8-6-4-5-7-10(8)9(2)12(3)11;1-3-9-6-4-8(2)5-7-9/h4-7H,2,11H2,1,3H3;3-7H,1H2,2H3. The fourth-order valence-electron chi connectivity index (χ4n) is 1.79. The lowest BCUT2D eigenvalue weighted by atomic mass is 10.1. The van der Waals surface area contributed by atoms with E-state index < -0.39 is 0 Å². The lowest BCUT2D eigenvalue weighted by Gasteiger charge is -2.16. The Labute approximate surface area is 128 Å². The molecule has 0 atom stereocenters. The number of rotatable bonds is 3. The maximum Gasteiger partial charge on any atom is 0.0517 e. The van der Waals surface area contributed by atoms with Crippen molar-refractivity contribution in [3.63, 3.8) is 0 Å². The molecule has 0 amide bonds. The van der Waals surface area contributed by atoms with E-state index in [1.54, 1.807) is 7.05 Å². The summed E-state index contributed by atoms with van der Waals surface area (Å²) in [4.78, 5) is 0. The zero-order valence-corrected chi connectivity index (χ0v) is 13.1. The molecule has 0 aliphatic rings. The number of nitrogens with zero attached hydrogens (tertiary/aromatic N) is 1. The topological polar surface area (TPSA) is 29.3 Å². The molecule has 0 aliphatic carbocycles. The van der Waals surface area contributed by atoms with Crippen molar-refractivity contribution in [1.82, 2.24) is 5.01 Å². The van der Waals surface area contributed by atoms with Crippen LogP contribution in [0.5, 0.6) is 0 Å². The zero-order valence-electron chi connectivity index (χ0n) is 13.1. The Hall–Kier alpha value is -2.32. The van der Waals surface area contributed by atoms with Crippen molar-refractivity contribution in [2.75, 3.05) is 7.05 Å². The van der Waals surface area contributed by atoms with Crippen LogP contribution >= 0.6 is 0 Å². The van der Waals surface area contributed by atoms with Crippen LogP contribution in [-0.4, -0.2) is 12.1 Å². The minimum Gasteiger partial charge on any atom is -0.314 e. The Balaban J connectivity index is 0.000000219. The quantitative estimate of drug-likeness (QED) is 0.666. The number of benzene rings is 2. The molecule has 0 spiro atoms.